The third-order valence-electron chi connectivity index (χ3n) is 4.04. The number of likely N-dealkylation sites (N-methyl/N-ethyl adjacent to an activating group) is 1. The monoisotopic (exact) mass is 247 g/mol. The quantitative estimate of drug-likeness (QED) is 0.815. The highest BCUT2D eigenvalue weighted by atomic mass is 15.2. The molecule has 1 aliphatic heterocycles. The molecule has 0 spiro atoms. The molecule has 0 saturated carbocycles. The Bertz CT molecular complexity index is 349. The van der Waals surface area contributed by atoms with Gasteiger partial charge < -0.3 is 9.80 Å². The van der Waals surface area contributed by atoms with Crippen molar-refractivity contribution in [3.63, 3.8) is 0 Å². The lowest BCUT2D eigenvalue weighted by Gasteiger charge is -2.33. The Morgan fingerprint density at radius 2 is 1.78 bits per heavy atom. The maximum absolute atomic E-state index is 4.66. The molecule has 1 saturated heterocycles. The summed E-state index contributed by atoms with van der Waals surface area (Å²) in [4.78, 5) is 9.47. The molecule has 3 nitrogen and oxygen atoms in total. The topological polar surface area (TPSA) is 19.4 Å². The largest absolute Gasteiger partial charge is 0.368 e. The van der Waals surface area contributed by atoms with Crippen LogP contribution in [0.2, 0.25) is 0 Å². The Hall–Kier alpha value is -1.09. The highest BCUT2D eigenvalue weighted by molar-refractivity contribution is 5.45. The average molecular weight is 247 g/mol. The molecule has 0 N–H and O–H groups in total. The molecule has 2 heterocycles. The maximum atomic E-state index is 4.66. The number of hydrogen-bond donors (Lipinski definition) is 0. The van der Waals surface area contributed by atoms with E-state index >= 15 is 0 Å². The maximum Gasteiger partial charge on any atom is 0.0553 e. The first-order chi connectivity index (χ1) is 8.74. The molecular weight excluding hydrogens is 222 g/mol. The van der Waals surface area contributed by atoms with Crippen LogP contribution in [0.3, 0.4) is 0 Å². The van der Waals surface area contributed by atoms with Crippen molar-refractivity contribution >= 4 is 5.69 Å². The molecular formula is C15H25N3. The minimum absolute atomic E-state index is 0.617. The molecule has 0 aromatic carbocycles. The summed E-state index contributed by atoms with van der Waals surface area (Å²) in [6.45, 7) is 9.00. The minimum atomic E-state index is 0.617. The Kier molecular flexibility index (Phi) is 4.59. The van der Waals surface area contributed by atoms with Gasteiger partial charge in [0.1, 0.15) is 0 Å². The van der Waals surface area contributed by atoms with E-state index in [1.807, 2.05) is 0 Å². The fourth-order valence-corrected chi connectivity index (χ4v) is 2.60. The van der Waals surface area contributed by atoms with Gasteiger partial charge in [0, 0.05) is 37.8 Å². The summed E-state index contributed by atoms with van der Waals surface area (Å²) < 4.78 is 0. The molecule has 0 unspecified atom stereocenters. The number of piperazine rings is 1. The van der Waals surface area contributed by atoms with Crippen LogP contribution in [-0.4, -0.2) is 43.1 Å². The molecule has 1 fully saturated rings. The summed E-state index contributed by atoms with van der Waals surface area (Å²) in [7, 11) is 2.19. The zero-order valence-corrected chi connectivity index (χ0v) is 11.9. The molecule has 1 aromatic heterocycles. The summed E-state index contributed by atoms with van der Waals surface area (Å²) in [5.41, 5.74) is 2.52. The summed E-state index contributed by atoms with van der Waals surface area (Å²) >= 11 is 0. The van der Waals surface area contributed by atoms with Crippen LogP contribution in [0.1, 0.15) is 38.3 Å². The van der Waals surface area contributed by atoms with E-state index in [0.29, 0.717) is 5.92 Å². The Morgan fingerprint density at radius 3 is 2.28 bits per heavy atom. The fraction of sp³-hybridized carbons (Fsp3) is 0.667. The predicted molar refractivity (Wildman–Crippen MR) is 77.3 cm³/mol. The summed E-state index contributed by atoms with van der Waals surface area (Å²) in [6.07, 6.45) is 4.41. The first kappa shape index (κ1) is 13.3. The van der Waals surface area contributed by atoms with Crippen molar-refractivity contribution in [1.29, 1.82) is 0 Å². The number of rotatable bonds is 4. The van der Waals surface area contributed by atoms with E-state index in [2.05, 4.69) is 54.0 Å². The molecule has 3 heteroatoms. The molecule has 0 amide bonds. The van der Waals surface area contributed by atoms with Gasteiger partial charge in [0.15, 0.2) is 0 Å². The van der Waals surface area contributed by atoms with E-state index in [9.17, 15) is 0 Å². The number of anilines is 1. The van der Waals surface area contributed by atoms with E-state index in [-0.39, 0.29) is 0 Å². The van der Waals surface area contributed by atoms with Gasteiger partial charge >= 0.3 is 0 Å². The molecule has 0 aliphatic carbocycles. The fourth-order valence-electron chi connectivity index (χ4n) is 2.60. The van der Waals surface area contributed by atoms with Crippen LogP contribution in [0.25, 0.3) is 0 Å². The van der Waals surface area contributed by atoms with Gasteiger partial charge in [0.2, 0.25) is 0 Å². The Balaban J connectivity index is 2.03. The van der Waals surface area contributed by atoms with Crippen LogP contribution in [0, 0.1) is 0 Å². The summed E-state index contributed by atoms with van der Waals surface area (Å²) in [5.74, 6) is 0.617. The number of pyridine rings is 1. The van der Waals surface area contributed by atoms with Crippen LogP contribution in [-0.2, 0) is 0 Å². The molecule has 1 aliphatic rings. The van der Waals surface area contributed by atoms with Gasteiger partial charge in [-0.15, -0.1) is 0 Å². The van der Waals surface area contributed by atoms with Crippen LogP contribution in [0.5, 0.6) is 0 Å². The first-order valence-corrected chi connectivity index (χ1v) is 7.14. The molecule has 18 heavy (non-hydrogen) atoms. The third kappa shape index (κ3) is 3.02. The summed E-state index contributed by atoms with van der Waals surface area (Å²) in [5, 5.41) is 0. The molecule has 0 radical (unpaired) electrons. The van der Waals surface area contributed by atoms with E-state index in [0.717, 1.165) is 26.2 Å². The van der Waals surface area contributed by atoms with Crippen molar-refractivity contribution in [2.45, 2.75) is 32.6 Å². The van der Waals surface area contributed by atoms with Gasteiger partial charge in [-0.25, -0.2) is 0 Å². The second-order valence-electron chi connectivity index (χ2n) is 5.25. The first-order valence-electron chi connectivity index (χ1n) is 7.14. The van der Waals surface area contributed by atoms with E-state index in [1.54, 1.807) is 0 Å². The van der Waals surface area contributed by atoms with Gasteiger partial charge in [-0.2, -0.15) is 0 Å². The zero-order valence-electron chi connectivity index (χ0n) is 11.9. The second-order valence-corrected chi connectivity index (χ2v) is 5.25. The molecule has 0 bridgehead atoms. The van der Waals surface area contributed by atoms with Crippen LogP contribution >= 0.6 is 0 Å². The molecule has 100 valence electrons. The van der Waals surface area contributed by atoms with Crippen molar-refractivity contribution in [1.82, 2.24) is 9.88 Å². The van der Waals surface area contributed by atoms with Gasteiger partial charge in [-0.05, 0) is 32.0 Å². The highest BCUT2D eigenvalue weighted by Gasteiger charge is 2.15. The van der Waals surface area contributed by atoms with E-state index in [4.69, 9.17) is 0 Å². The van der Waals surface area contributed by atoms with Crippen molar-refractivity contribution in [3.05, 3.63) is 24.0 Å². The van der Waals surface area contributed by atoms with Gasteiger partial charge in [0.05, 0.1) is 11.9 Å². The van der Waals surface area contributed by atoms with E-state index in [1.165, 1.54) is 24.2 Å². The third-order valence-corrected chi connectivity index (χ3v) is 4.04. The smallest absolute Gasteiger partial charge is 0.0553 e. The van der Waals surface area contributed by atoms with Crippen molar-refractivity contribution in [2.24, 2.45) is 0 Å². The average Bonchev–Trinajstić information content (AvgIpc) is 2.42. The number of aromatic nitrogens is 1. The van der Waals surface area contributed by atoms with Gasteiger partial charge in [-0.1, -0.05) is 13.8 Å². The minimum Gasteiger partial charge on any atom is -0.368 e. The summed E-state index contributed by atoms with van der Waals surface area (Å²) in [6, 6.07) is 4.46. The van der Waals surface area contributed by atoms with Crippen molar-refractivity contribution in [2.75, 3.05) is 38.1 Å². The molecule has 0 atom stereocenters. The molecule has 1 aromatic rings. The lowest BCUT2D eigenvalue weighted by atomic mass is 9.99. The van der Waals surface area contributed by atoms with Gasteiger partial charge in [0.25, 0.3) is 0 Å². The Morgan fingerprint density at radius 1 is 1.11 bits per heavy atom. The van der Waals surface area contributed by atoms with Crippen molar-refractivity contribution < 1.29 is 0 Å². The highest BCUT2D eigenvalue weighted by Crippen LogP contribution is 2.23. The van der Waals surface area contributed by atoms with Crippen LogP contribution in [0.15, 0.2) is 18.3 Å². The molecule has 2 rings (SSSR count). The standard InChI is InChI=1S/C15H25N3/c1-4-13(5-2)15-7-6-14(12-16-15)18-10-8-17(3)9-11-18/h6-7,12-13H,4-5,8-11H2,1-3H3. The SMILES string of the molecule is CCC(CC)c1ccc(N2CCN(C)CC2)cn1. The predicted octanol–water partition coefficient (Wildman–Crippen LogP) is 2.74. The normalized spacial score (nSPS) is 17.4. The lowest BCUT2D eigenvalue weighted by molar-refractivity contribution is 0.313. The number of hydrogen-bond acceptors (Lipinski definition) is 3. The van der Waals surface area contributed by atoms with Gasteiger partial charge in [-0.3, -0.25) is 4.98 Å². The van der Waals surface area contributed by atoms with Crippen molar-refractivity contribution in [3.8, 4) is 0 Å². The van der Waals surface area contributed by atoms with Crippen LogP contribution in [0.4, 0.5) is 5.69 Å². The lowest BCUT2D eigenvalue weighted by Crippen LogP contribution is -2.44. The second kappa shape index (κ2) is 6.19. The zero-order chi connectivity index (χ0) is 13.0. The number of nitrogens with zero attached hydrogens (tertiary/aromatic N) is 3. The van der Waals surface area contributed by atoms with Crippen LogP contribution < -0.4 is 4.90 Å². The Labute approximate surface area is 111 Å². The van der Waals surface area contributed by atoms with E-state index < -0.39 is 0 Å².